The molecule has 0 aliphatic carbocycles. The lowest BCUT2D eigenvalue weighted by Gasteiger charge is -2.27. The lowest BCUT2D eigenvalue weighted by Crippen LogP contribution is -2.35. The summed E-state index contributed by atoms with van der Waals surface area (Å²) >= 11 is 9.60. The van der Waals surface area contributed by atoms with E-state index in [1.54, 1.807) is 6.92 Å². The molecule has 1 atom stereocenters. The maximum absolute atomic E-state index is 11.5. The minimum absolute atomic E-state index is 0.151. The standard InChI is InChI=1S/C11H11BrClNO2/c1-4-7(12)10-9(5(2)8(4)13)14-11(15)6(3)16-10/h6H,1-3H3,(H,14,15). The summed E-state index contributed by atoms with van der Waals surface area (Å²) in [7, 11) is 0. The number of benzene rings is 1. The number of nitrogens with one attached hydrogen (secondary N) is 1. The first-order valence-corrected chi connectivity index (χ1v) is 6.06. The molecule has 1 heterocycles. The van der Waals surface area contributed by atoms with Crippen LogP contribution in [0.15, 0.2) is 4.47 Å². The summed E-state index contributed by atoms with van der Waals surface area (Å²) in [6.45, 7) is 5.48. The van der Waals surface area contributed by atoms with Gasteiger partial charge in [-0.15, -0.1) is 0 Å². The van der Waals surface area contributed by atoms with E-state index in [1.807, 2.05) is 13.8 Å². The van der Waals surface area contributed by atoms with Crippen LogP contribution in [0.1, 0.15) is 18.1 Å². The van der Waals surface area contributed by atoms with Crippen molar-refractivity contribution >= 4 is 39.1 Å². The van der Waals surface area contributed by atoms with Gasteiger partial charge >= 0.3 is 0 Å². The van der Waals surface area contributed by atoms with Gasteiger partial charge in [-0.2, -0.15) is 0 Å². The number of ether oxygens (including phenoxy) is 1. The number of hydrogen-bond acceptors (Lipinski definition) is 2. The van der Waals surface area contributed by atoms with E-state index in [2.05, 4.69) is 21.2 Å². The lowest BCUT2D eigenvalue weighted by molar-refractivity contribution is -0.122. The van der Waals surface area contributed by atoms with Gasteiger partial charge in [0.1, 0.15) is 0 Å². The van der Waals surface area contributed by atoms with Crippen molar-refractivity contribution in [1.29, 1.82) is 0 Å². The van der Waals surface area contributed by atoms with Gasteiger partial charge < -0.3 is 10.1 Å². The molecule has 1 N–H and O–H groups in total. The van der Waals surface area contributed by atoms with Crippen molar-refractivity contribution < 1.29 is 9.53 Å². The third-order valence-corrected chi connectivity index (χ3v) is 4.22. The first kappa shape index (κ1) is 11.7. The van der Waals surface area contributed by atoms with Crippen molar-refractivity contribution in [3.8, 4) is 5.75 Å². The van der Waals surface area contributed by atoms with Gasteiger partial charge in [-0.3, -0.25) is 4.79 Å². The monoisotopic (exact) mass is 303 g/mol. The van der Waals surface area contributed by atoms with Gasteiger partial charge in [-0.25, -0.2) is 0 Å². The van der Waals surface area contributed by atoms with E-state index >= 15 is 0 Å². The van der Waals surface area contributed by atoms with E-state index < -0.39 is 6.10 Å². The van der Waals surface area contributed by atoms with Gasteiger partial charge in [0.2, 0.25) is 0 Å². The zero-order valence-corrected chi connectivity index (χ0v) is 11.5. The van der Waals surface area contributed by atoms with Gasteiger partial charge in [0.05, 0.1) is 10.2 Å². The van der Waals surface area contributed by atoms with Crippen molar-refractivity contribution in [2.75, 3.05) is 5.32 Å². The Morgan fingerprint density at radius 3 is 2.62 bits per heavy atom. The molecule has 0 bridgehead atoms. The molecule has 3 nitrogen and oxygen atoms in total. The Hall–Kier alpha value is -0.740. The van der Waals surface area contributed by atoms with Crippen LogP contribution in [-0.2, 0) is 4.79 Å². The largest absolute Gasteiger partial charge is 0.477 e. The van der Waals surface area contributed by atoms with Gasteiger partial charge in [-0.1, -0.05) is 11.6 Å². The van der Waals surface area contributed by atoms with E-state index in [0.29, 0.717) is 16.5 Å². The molecular formula is C11H11BrClNO2. The third kappa shape index (κ3) is 1.60. The highest BCUT2D eigenvalue weighted by Gasteiger charge is 2.29. The second kappa shape index (κ2) is 3.93. The topological polar surface area (TPSA) is 38.3 Å². The van der Waals surface area contributed by atoms with Crippen LogP contribution < -0.4 is 10.1 Å². The van der Waals surface area contributed by atoms with Crippen molar-refractivity contribution in [3.63, 3.8) is 0 Å². The Balaban J connectivity index is 2.69. The summed E-state index contributed by atoms with van der Waals surface area (Å²) < 4.78 is 6.37. The number of carbonyl (C=O) groups excluding carboxylic acids is 1. The zero-order valence-electron chi connectivity index (χ0n) is 9.15. The van der Waals surface area contributed by atoms with Crippen molar-refractivity contribution in [2.45, 2.75) is 26.9 Å². The average molecular weight is 305 g/mol. The molecule has 0 saturated carbocycles. The van der Waals surface area contributed by atoms with Crippen LogP contribution in [0.3, 0.4) is 0 Å². The van der Waals surface area contributed by atoms with Gasteiger partial charge in [0.25, 0.3) is 5.91 Å². The van der Waals surface area contributed by atoms with E-state index in [9.17, 15) is 4.79 Å². The Morgan fingerprint density at radius 2 is 2.00 bits per heavy atom. The molecule has 0 aromatic heterocycles. The summed E-state index contributed by atoms with van der Waals surface area (Å²) in [5, 5.41) is 3.45. The summed E-state index contributed by atoms with van der Waals surface area (Å²) in [4.78, 5) is 11.5. The molecule has 86 valence electrons. The van der Waals surface area contributed by atoms with Crippen LogP contribution in [0.5, 0.6) is 5.75 Å². The van der Waals surface area contributed by atoms with Crippen molar-refractivity contribution in [3.05, 3.63) is 20.6 Å². The second-order valence-electron chi connectivity index (χ2n) is 3.83. The maximum Gasteiger partial charge on any atom is 0.265 e. The molecule has 1 aliphatic rings. The minimum Gasteiger partial charge on any atom is -0.477 e. The fraction of sp³-hybridized carbons (Fsp3) is 0.364. The zero-order chi connectivity index (χ0) is 12.0. The molecule has 1 aliphatic heterocycles. The number of halogens is 2. The highest BCUT2D eigenvalue weighted by molar-refractivity contribution is 9.10. The smallest absolute Gasteiger partial charge is 0.265 e. The van der Waals surface area contributed by atoms with E-state index in [-0.39, 0.29) is 5.91 Å². The summed E-state index contributed by atoms with van der Waals surface area (Å²) in [5.74, 6) is 0.508. The van der Waals surface area contributed by atoms with Gasteiger partial charge in [-0.05, 0) is 47.8 Å². The number of amides is 1. The summed E-state index contributed by atoms with van der Waals surface area (Å²) in [6, 6.07) is 0. The first-order valence-electron chi connectivity index (χ1n) is 4.89. The molecule has 0 spiro atoms. The molecule has 0 saturated heterocycles. The quantitative estimate of drug-likeness (QED) is 0.797. The Bertz CT molecular complexity index is 488. The molecule has 5 heteroatoms. The van der Waals surface area contributed by atoms with Crippen molar-refractivity contribution in [2.24, 2.45) is 0 Å². The SMILES string of the molecule is Cc1c(Cl)c(C)c2c(c1Br)OC(C)C(=O)N2. The molecule has 1 aromatic carbocycles. The Kier molecular flexibility index (Phi) is 2.88. The van der Waals surface area contributed by atoms with Crippen LogP contribution >= 0.6 is 27.5 Å². The summed E-state index contributed by atoms with van der Waals surface area (Å²) in [5.41, 5.74) is 2.41. The molecule has 1 aromatic rings. The Labute approximate surface area is 107 Å². The van der Waals surface area contributed by atoms with Gasteiger partial charge in [0.15, 0.2) is 11.9 Å². The highest BCUT2D eigenvalue weighted by atomic mass is 79.9. The first-order chi connectivity index (χ1) is 7.43. The van der Waals surface area contributed by atoms with E-state index in [4.69, 9.17) is 16.3 Å². The van der Waals surface area contributed by atoms with Crippen LogP contribution in [0.4, 0.5) is 5.69 Å². The molecule has 1 unspecified atom stereocenters. The lowest BCUT2D eigenvalue weighted by atomic mass is 10.1. The minimum atomic E-state index is -0.483. The maximum atomic E-state index is 11.5. The van der Waals surface area contributed by atoms with Crippen LogP contribution in [-0.4, -0.2) is 12.0 Å². The van der Waals surface area contributed by atoms with Gasteiger partial charge in [0, 0.05) is 5.02 Å². The number of anilines is 1. The number of hydrogen-bond donors (Lipinski definition) is 1. The number of fused-ring (bicyclic) bond motifs is 1. The van der Waals surface area contributed by atoms with Crippen LogP contribution in [0, 0.1) is 13.8 Å². The Morgan fingerprint density at radius 1 is 1.38 bits per heavy atom. The number of carbonyl (C=O) groups is 1. The third-order valence-electron chi connectivity index (χ3n) is 2.70. The van der Waals surface area contributed by atoms with E-state index in [1.165, 1.54) is 0 Å². The molecule has 0 fully saturated rings. The summed E-state index contributed by atoms with van der Waals surface area (Å²) in [6.07, 6.45) is -0.483. The number of rotatable bonds is 0. The average Bonchev–Trinajstić information content (AvgIpc) is 2.26. The van der Waals surface area contributed by atoms with Crippen LogP contribution in [0.2, 0.25) is 5.02 Å². The normalized spacial score (nSPS) is 18.8. The molecule has 2 rings (SSSR count). The van der Waals surface area contributed by atoms with E-state index in [0.717, 1.165) is 15.6 Å². The fourth-order valence-corrected chi connectivity index (χ4v) is 2.45. The fourth-order valence-electron chi connectivity index (χ4n) is 1.65. The molecular weight excluding hydrogens is 293 g/mol. The van der Waals surface area contributed by atoms with Crippen molar-refractivity contribution in [1.82, 2.24) is 0 Å². The second-order valence-corrected chi connectivity index (χ2v) is 5.00. The highest BCUT2D eigenvalue weighted by Crippen LogP contribution is 2.45. The van der Waals surface area contributed by atoms with Crippen LogP contribution in [0.25, 0.3) is 0 Å². The molecule has 1 amide bonds. The molecule has 0 radical (unpaired) electrons. The predicted molar refractivity (Wildman–Crippen MR) is 67.3 cm³/mol. The predicted octanol–water partition coefficient (Wildman–Crippen LogP) is 3.44. The molecule has 16 heavy (non-hydrogen) atoms.